The first-order valence-electron chi connectivity index (χ1n) is 8.70. The second-order valence-corrected chi connectivity index (χ2v) is 6.34. The van der Waals surface area contributed by atoms with Crippen LogP contribution in [-0.2, 0) is 0 Å². The average Bonchev–Trinajstić information content (AvgIpc) is 3.14. The Bertz CT molecular complexity index is 917. The fraction of sp³-hybridized carbons (Fsp3) is 0.263. The summed E-state index contributed by atoms with van der Waals surface area (Å²) in [5, 5.41) is 13.8. The molecule has 0 aliphatic heterocycles. The molecule has 0 saturated carbocycles. The highest BCUT2D eigenvalue weighted by Crippen LogP contribution is 2.39. The summed E-state index contributed by atoms with van der Waals surface area (Å²) in [5.74, 6) is 0.865. The summed E-state index contributed by atoms with van der Waals surface area (Å²) in [7, 11) is 3.35. The van der Waals surface area contributed by atoms with E-state index in [0.29, 0.717) is 40.3 Å². The molecular weight excluding hydrogens is 385 g/mol. The lowest BCUT2D eigenvalue weighted by atomic mass is 10.1. The number of aromatic nitrogens is 3. The molecular formula is C19H21ClFN5O2. The molecule has 1 aromatic carbocycles. The van der Waals surface area contributed by atoms with E-state index in [1.807, 2.05) is 7.05 Å². The monoisotopic (exact) mass is 405 g/mol. The smallest absolute Gasteiger partial charge is 0.152 e. The number of nitrogens with one attached hydrogen (secondary N) is 3. The van der Waals surface area contributed by atoms with Gasteiger partial charge in [-0.25, -0.2) is 9.37 Å². The number of rotatable bonds is 9. The van der Waals surface area contributed by atoms with Gasteiger partial charge in [0.25, 0.3) is 0 Å². The van der Waals surface area contributed by atoms with E-state index >= 15 is 0 Å². The number of aromatic amines is 1. The van der Waals surface area contributed by atoms with Crippen molar-refractivity contribution in [3.05, 3.63) is 47.5 Å². The number of nitrogens with zero attached hydrogens (tertiary/aromatic N) is 2. The van der Waals surface area contributed by atoms with E-state index < -0.39 is 5.82 Å². The highest BCUT2D eigenvalue weighted by molar-refractivity contribution is 6.29. The van der Waals surface area contributed by atoms with Crippen LogP contribution in [0.4, 0.5) is 15.9 Å². The number of hydrogen-bond donors (Lipinski definition) is 3. The third-order valence-electron chi connectivity index (χ3n) is 3.93. The van der Waals surface area contributed by atoms with Gasteiger partial charge in [-0.2, -0.15) is 5.10 Å². The summed E-state index contributed by atoms with van der Waals surface area (Å²) in [6.45, 7) is 1.24. The first-order chi connectivity index (χ1) is 13.6. The number of ether oxygens (including phenoxy) is 2. The Hall–Kier alpha value is -2.84. The van der Waals surface area contributed by atoms with Crippen molar-refractivity contribution < 1.29 is 13.9 Å². The fourth-order valence-corrected chi connectivity index (χ4v) is 2.75. The Morgan fingerprint density at radius 1 is 1.21 bits per heavy atom. The molecule has 2 heterocycles. The minimum Gasteiger partial charge on any atom is -0.496 e. The van der Waals surface area contributed by atoms with E-state index in [-0.39, 0.29) is 0 Å². The van der Waals surface area contributed by atoms with Crippen molar-refractivity contribution in [2.45, 2.75) is 6.42 Å². The molecule has 0 radical (unpaired) electrons. The lowest BCUT2D eigenvalue weighted by Gasteiger charge is -2.14. The van der Waals surface area contributed by atoms with Gasteiger partial charge >= 0.3 is 0 Å². The van der Waals surface area contributed by atoms with E-state index in [0.717, 1.165) is 18.7 Å². The van der Waals surface area contributed by atoms with Gasteiger partial charge in [0.05, 0.1) is 36.9 Å². The number of pyridine rings is 1. The van der Waals surface area contributed by atoms with Crippen LogP contribution in [0.5, 0.6) is 11.5 Å². The lowest BCUT2D eigenvalue weighted by Crippen LogP contribution is -2.12. The zero-order valence-corrected chi connectivity index (χ0v) is 16.3. The van der Waals surface area contributed by atoms with E-state index in [1.54, 1.807) is 24.4 Å². The highest BCUT2D eigenvalue weighted by atomic mass is 35.5. The molecule has 3 aromatic rings. The van der Waals surface area contributed by atoms with E-state index in [4.69, 9.17) is 21.1 Å². The molecule has 0 aliphatic rings. The Morgan fingerprint density at radius 2 is 2.04 bits per heavy atom. The molecule has 0 aliphatic carbocycles. The van der Waals surface area contributed by atoms with Crippen molar-refractivity contribution >= 4 is 23.1 Å². The molecule has 0 spiro atoms. The van der Waals surface area contributed by atoms with Gasteiger partial charge in [-0.3, -0.25) is 5.10 Å². The SMILES string of the molecule is CNCCCOc1cc(F)cc(OC)c1-c1cc(Nc2ccc(Cl)nc2)n[nH]1. The van der Waals surface area contributed by atoms with Crippen LogP contribution in [0.15, 0.2) is 36.5 Å². The van der Waals surface area contributed by atoms with Gasteiger partial charge in [0, 0.05) is 18.2 Å². The normalized spacial score (nSPS) is 10.7. The van der Waals surface area contributed by atoms with Crippen molar-refractivity contribution in [3.63, 3.8) is 0 Å². The molecule has 0 atom stereocenters. The topological polar surface area (TPSA) is 84.1 Å². The van der Waals surface area contributed by atoms with Gasteiger partial charge in [0.15, 0.2) is 5.82 Å². The summed E-state index contributed by atoms with van der Waals surface area (Å²) >= 11 is 5.80. The number of benzene rings is 1. The fourth-order valence-electron chi connectivity index (χ4n) is 2.64. The molecule has 7 nitrogen and oxygen atoms in total. The quantitative estimate of drug-likeness (QED) is 0.368. The van der Waals surface area contributed by atoms with Crippen molar-refractivity contribution in [3.8, 4) is 22.8 Å². The van der Waals surface area contributed by atoms with Gasteiger partial charge in [-0.15, -0.1) is 0 Å². The van der Waals surface area contributed by atoms with Crippen LogP contribution in [-0.4, -0.2) is 42.5 Å². The minimum absolute atomic E-state index is 0.354. The molecule has 2 aromatic heterocycles. The Morgan fingerprint density at radius 3 is 2.75 bits per heavy atom. The minimum atomic E-state index is -0.436. The second-order valence-electron chi connectivity index (χ2n) is 5.95. The zero-order chi connectivity index (χ0) is 19.9. The first-order valence-corrected chi connectivity index (χ1v) is 9.08. The van der Waals surface area contributed by atoms with Gasteiger partial charge < -0.3 is 20.1 Å². The largest absolute Gasteiger partial charge is 0.496 e. The van der Waals surface area contributed by atoms with Crippen molar-refractivity contribution in [1.82, 2.24) is 20.5 Å². The second kappa shape index (κ2) is 9.38. The molecule has 28 heavy (non-hydrogen) atoms. The van der Waals surface area contributed by atoms with E-state index in [2.05, 4.69) is 25.8 Å². The van der Waals surface area contributed by atoms with E-state index in [1.165, 1.54) is 19.2 Å². The molecule has 0 amide bonds. The summed E-state index contributed by atoms with van der Waals surface area (Å²) < 4.78 is 25.2. The lowest BCUT2D eigenvalue weighted by molar-refractivity contribution is 0.307. The standard InChI is InChI=1S/C19H21ClFN5O2/c1-22-6-3-7-28-16-9-12(21)8-15(27-2)19(16)14-10-18(26-25-14)24-13-4-5-17(20)23-11-13/h4-5,8-11,22H,3,6-7H2,1-2H3,(H2,24,25,26). The summed E-state index contributed by atoms with van der Waals surface area (Å²) in [6.07, 6.45) is 2.39. The zero-order valence-electron chi connectivity index (χ0n) is 15.6. The predicted molar refractivity (Wildman–Crippen MR) is 107 cm³/mol. The van der Waals surface area contributed by atoms with Crippen LogP contribution in [0.2, 0.25) is 5.15 Å². The van der Waals surface area contributed by atoms with Crippen molar-refractivity contribution in [1.29, 1.82) is 0 Å². The average molecular weight is 406 g/mol. The molecule has 0 fully saturated rings. The molecule has 0 bridgehead atoms. The number of halogens is 2. The van der Waals surface area contributed by atoms with Crippen LogP contribution >= 0.6 is 11.6 Å². The van der Waals surface area contributed by atoms with Crippen LogP contribution in [0.25, 0.3) is 11.3 Å². The predicted octanol–water partition coefficient (Wildman–Crippen LogP) is 4.00. The van der Waals surface area contributed by atoms with Crippen molar-refractivity contribution in [2.75, 3.05) is 32.6 Å². The van der Waals surface area contributed by atoms with Gasteiger partial charge in [-0.1, -0.05) is 11.6 Å². The highest BCUT2D eigenvalue weighted by Gasteiger charge is 2.18. The molecule has 0 unspecified atom stereocenters. The first kappa shape index (κ1) is 19.9. The van der Waals surface area contributed by atoms with Crippen molar-refractivity contribution in [2.24, 2.45) is 0 Å². The molecule has 9 heteroatoms. The maximum Gasteiger partial charge on any atom is 0.152 e. The molecule has 3 rings (SSSR count). The maximum atomic E-state index is 14.0. The van der Waals surface area contributed by atoms with Crippen LogP contribution in [0.1, 0.15) is 6.42 Å². The third-order valence-corrected chi connectivity index (χ3v) is 4.15. The van der Waals surface area contributed by atoms with Gasteiger partial charge in [-0.05, 0) is 32.1 Å². The van der Waals surface area contributed by atoms with Crippen LogP contribution in [0.3, 0.4) is 0 Å². The number of methoxy groups -OCH3 is 1. The Labute approximate surface area is 167 Å². The maximum absolute atomic E-state index is 14.0. The van der Waals surface area contributed by atoms with Gasteiger partial charge in [0.2, 0.25) is 0 Å². The van der Waals surface area contributed by atoms with Crippen LogP contribution in [0, 0.1) is 5.82 Å². The third kappa shape index (κ3) is 4.90. The summed E-state index contributed by atoms with van der Waals surface area (Å²) in [5.41, 5.74) is 1.96. The number of H-pyrrole nitrogens is 1. The molecule has 3 N–H and O–H groups in total. The molecule has 0 saturated heterocycles. The number of hydrogen-bond acceptors (Lipinski definition) is 6. The summed E-state index contributed by atoms with van der Waals surface area (Å²) in [6, 6.07) is 7.90. The molecule has 148 valence electrons. The van der Waals surface area contributed by atoms with E-state index in [9.17, 15) is 4.39 Å². The Kier molecular flexibility index (Phi) is 6.67. The summed E-state index contributed by atoms with van der Waals surface area (Å²) in [4.78, 5) is 4.02. The van der Waals surface area contributed by atoms with Gasteiger partial charge in [0.1, 0.15) is 22.5 Å². The number of anilines is 2. The Balaban J connectivity index is 1.87. The van der Waals surface area contributed by atoms with Crippen LogP contribution < -0.4 is 20.1 Å².